The molecule has 3 aliphatic rings. The first-order valence-corrected chi connectivity index (χ1v) is 30.4. The molecule has 3 aliphatic heterocycles. The number of benzene rings is 7. The van der Waals surface area contributed by atoms with E-state index in [9.17, 15) is 0 Å². The predicted octanol–water partition coefficient (Wildman–Crippen LogP) is 8.67. The summed E-state index contributed by atoms with van der Waals surface area (Å²) >= 11 is 22.5. The van der Waals surface area contributed by atoms with Gasteiger partial charge >= 0.3 is 0 Å². The topological polar surface area (TPSA) is 55.4 Å². The molecule has 7 aromatic rings. The summed E-state index contributed by atoms with van der Waals surface area (Å²) in [7, 11) is 0. The molecule has 7 aromatic carbocycles. The van der Waals surface area contributed by atoms with Gasteiger partial charge in [-0.3, -0.25) is 0 Å². The summed E-state index contributed by atoms with van der Waals surface area (Å²) in [6.07, 6.45) is 0. The van der Waals surface area contributed by atoms with Crippen molar-refractivity contribution in [1.29, 1.82) is 0 Å². The number of ether oxygens (including phenoxy) is 6. The molecule has 0 radical (unpaired) electrons. The van der Waals surface area contributed by atoms with E-state index in [1.54, 1.807) is 0 Å². The van der Waals surface area contributed by atoms with Crippen LogP contribution in [0.1, 0.15) is 58.2 Å². The van der Waals surface area contributed by atoms with Gasteiger partial charge in [-0.25, -0.2) is 0 Å². The van der Waals surface area contributed by atoms with Crippen LogP contribution in [0.25, 0.3) is 32.3 Å². The molecule has 63 heavy (non-hydrogen) atoms. The third-order valence-corrected chi connectivity index (χ3v) is 27.1. The van der Waals surface area contributed by atoms with Gasteiger partial charge in [-0.05, 0) is 78.2 Å². The van der Waals surface area contributed by atoms with Crippen LogP contribution in [0.4, 0.5) is 0 Å². The van der Waals surface area contributed by atoms with Crippen molar-refractivity contribution in [2.45, 2.75) is 62.3 Å². The van der Waals surface area contributed by atoms with E-state index in [1.807, 2.05) is 41.5 Å². The Kier molecular flexibility index (Phi) is 10.7. The Hall–Kier alpha value is -3.93. The normalized spacial score (nSPS) is 20.0. The van der Waals surface area contributed by atoms with Crippen LogP contribution >= 0.6 is 18.1 Å². The molecule has 0 aromatic heterocycles. The summed E-state index contributed by atoms with van der Waals surface area (Å²) in [5.41, 5.74) is 3.36. The first-order valence-electron chi connectivity index (χ1n) is 22.0. The number of hydrogen-bond acceptors (Lipinski definition) is 9. The molecule has 0 unspecified atom stereocenters. The van der Waals surface area contributed by atoms with Crippen molar-refractivity contribution in [3.63, 3.8) is 0 Å². The molecule has 10 rings (SSSR count). The maximum Gasteiger partial charge on any atom is 0.171 e. The highest BCUT2D eigenvalue weighted by molar-refractivity contribution is 8.28. The maximum atomic E-state index is 7.50. The van der Waals surface area contributed by atoms with E-state index in [2.05, 4.69) is 93.6 Å². The highest BCUT2D eigenvalue weighted by Crippen LogP contribution is 2.70. The van der Waals surface area contributed by atoms with Gasteiger partial charge in [-0.15, -0.1) is 0 Å². The molecule has 12 heteroatoms. The summed E-state index contributed by atoms with van der Waals surface area (Å²) in [4.78, 5) is 0. The zero-order valence-corrected chi connectivity index (χ0v) is 42.3. The molecule has 6 nitrogen and oxygen atoms in total. The van der Waals surface area contributed by atoms with Gasteiger partial charge in [0.25, 0.3) is 0 Å². The van der Waals surface area contributed by atoms with E-state index in [-0.39, 0.29) is 0 Å². The van der Waals surface area contributed by atoms with Crippen molar-refractivity contribution in [3.8, 4) is 34.5 Å². The number of aryl methyl sites for hydroxylation is 3. The molecule has 0 aliphatic carbocycles. The van der Waals surface area contributed by atoms with Gasteiger partial charge in [-0.1, -0.05) is 125 Å². The first-order chi connectivity index (χ1) is 30.4. The van der Waals surface area contributed by atoms with E-state index in [4.69, 9.17) is 63.8 Å². The zero-order chi connectivity index (χ0) is 44.3. The Morgan fingerprint density at radius 1 is 0.333 bits per heavy atom. The fraction of sp³-hybridized carbons (Fsp3) is 0.294. The summed E-state index contributed by atoms with van der Waals surface area (Å²) in [6, 6.07) is 16.8. The monoisotopic (exact) mass is 948 g/mol. The van der Waals surface area contributed by atoms with Crippen LogP contribution in [0.5, 0.6) is 34.5 Å². The van der Waals surface area contributed by atoms with E-state index >= 15 is 0 Å². The second-order valence-corrected chi connectivity index (χ2v) is 29.1. The molecule has 0 bridgehead atoms. The smallest absolute Gasteiger partial charge is 0.171 e. The second kappa shape index (κ2) is 15.6. The molecule has 324 valence electrons. The average molecular weight is 949 g/mol. The number of hydrogen-bond donors (Lipinski definition) is 0. The summed E-state index contributed by atoms with van der Waals surface area (Å²) < 4.78 is 42.3. The number of rotatable bonds is 15. The SMILES string of the molecule is CCOc1c(OCC)c2c3c4c1P(=S)(c1cccc(C)c1)c1c(OCC)c(OCC)c5c(c14)c1c(c(OCC)c(OCC)c(c31)P2(=S)c1cccc(C)c1)P5(=S)c1cccc(C)c1. The standard InChI is InChI=1S/C51H51O6P3S3/c1-10-52-40-41(53-11-2)47-35-34-36-38-39-37(35)49(59(47,62)32-23-17-20-29(8)26-32)44(56-14-5)45(57-15-6)51(39)60(63,33-24-18-21-30(9)27-33)50(38)43(55-13-4)42(54-12-3)48(36)58(61,46(34)40)31-22-16-19-28(7)25-31/h16-27H,10-15H2,1-9H3. The minimum atomic E-state index is -3.08. The molecular weight excluding hydrogens is 898 g/mol. The lowest BCUT2D eigenvalue weighted by atomic mass is 9.93. The molecule has 3 heterocycles. The van der Waals surface area contributed by atoms with Crippen molar-refractivity contribution in [2.24, 2.45) is 0 Å². The highest BCUT2D eigenvalue weighted by Gasteiger charge is 2.55. The van der Waals surface area contributed by atoms with Crippen molar-refractivity contribution in [2.75, 3.05) is 39.6 Å². The van der Waals surface area contributed by atoms with Gasteiger partial charge in [0, 0.05) is 82.3 Å². The molecule has 0 N–H and O–H groups in total. The Labute approximate surface area is 385 Å². The van der Waals surface area contributed by atoms with Gasteiger partial charge in [0.2, 0.25) is 0 Å². The summed E-state index contributed by atoms with van der Waals surface area (Å²) in [5.74, 6) is 4.00. The van der Waals surface area contributed by atoms with Crippen molar-refractivity contribution < 1.29 is 28.4 Å². The zero-order valence-electron chi connectivity index (χ0n) is 37.2. The Bertz CT molecular complexity index is 2790. The van der Waals surface area contributed by atoms with Crippen LogP contribution in [0, 0.1) is 20.8 Å². The molecule has 0 amide bonds. The molecule has 0 atom stereocenters. The van der Waals surface area contributed by atoms with Crippen LogP contribution in [0.3, 0.4) is 0 Å². The lowest BCUT2D eigenvalue weighted by molar-refractivity contribution is 0.292. The van der Waals surface area contributed by atoms with Gasteiger partial charge in [0.1, 0.15) is 0 Å². The summed E-state index contributed by atoms with van der Waals surface area (Å²) in [5, 5.41) is 15.4. The van der Waals surface area contributed by atoms with Crippen LogP contribution in [0.15, 0.2) is 72.8 Å². The minimum Gasteiger partial charge on any atom is -0.489 e. The lowest BCUT2D eigenvalue weighted by Crippen LogP contribution is -2.29. The summed E-state index contributed by atoms with van der Waals surface area (Å²) in [6.45, 7) is 21.0. The second-order valence-electron chi connectivity index (χ2n) is 16.3. The first kappa shape index (κ1) is 43.0. The quantitative estimate of drug-likeness (QED) is 0.0743. The lowest BCUT2D eigenvalue weighted by Gasteiger charge is -2.29. The Morgan fingerprint density at radius 3 is 0.683 bits per heavy atom. The molecular formula is C51H51O6P3S3. The fourth-order valence-corrected chi connectivity index (χ4v) is 24.9. The molecule has 0 saturated heterocycles. The highest BCUT2D eigenvalue weighted by atomic mass is 32.4. The fourth-order valence-electron chi connectivity index (χ4n) is 10.6. The third-order valence-electron chi connectivity index (χ3n) is 12.5. The third kappa shape index (κ3) is 5.51. The van der Waals surface area contributed by atoms with E-state index in [0.717, 1.165) is 96.7 Å². The van der Waals surface area contributed by atoms with Gasteiger partial charge in [0.15, 0.2) is 34.5 Å². The van der Waals surface area contributed by atoms with Crippen LogP contribution in [-0.2, 0) is 35.4 Å². The maximum absolute atomic E-state index is 7.50. The Morgan fingerprint density at radius 2 is 0.524 bits per heavy atom. The largest absolute Gasteiger partial charge is 0.489 e. The predicted molar refractivity (Wildman–Crippen MR) is 279 cm³/mol. The van der Waals surface area contributed by atoms with Crippen LogP contribution in [0.2, 0.25) is 0 Å². The van der Waals surface area contributed by atoms with Crippen molar-refractivity contribution in [1.82, 2.24) is 0 Å². The van der Waals surface area contributed by atoms with Crippen LogP contribution in [-0.4, -0.2) is 39.6 Å². The molecule has 0 saturated carbocycles. The minimum absolute atomic E-state index is 0.397. The molecule has 0 fully saturated rings. The van der Waals surface area contributed by atoms with E-state index in [1.165, 1.54) is 0 Å². The van der Waals surface area contributed by atoms with E-state index in [0.29, 0.717) is 74.1 Å². The van der Waals surface area contributed by atoms with Crippen molar-refractivity contribution in [3.05, 3.63) is 89.5 Å². The van der Waals surface area contributed by atoms with Gasteiger partial charge < -0.3 is 28.4 Å². The average Bonchev–Trinajstić information content (AvgIpc) is 3.82. The van der Waals surface area contributed by atoms with E-state index < -0.39 is 18.1 Å². The van der Waals surface area contributed by atoms with Crippen LogP contribution < -0.4 is 76.2 Å². The van der Waals surface area contributed by atoms with Gasteiger partial charge in [-0.2, -0.15) is 0 Å². The van der Waals surface area contributed by atoms with Crippen molar-refractivity contribution >= 4 is 134 Å². The Balaban J connectivity index is 1.63. The molecule has 0 spiro atoms. The van der Waals surface area contributed by atoms with Gasteiger partial charge in [0.05, 0.1) is 39.6 Å².